The number of ether oxygens (including phenoxy) is 3. The second kappa shape index (κ2) is 13.2. The van der Waals surface area contributed by atoms with Crippen molar-refractivity contribution in [3.63, 3.8) is 0 Å². The van der Waals surface area contributed by atoms with Crippen molar-refractivity contribution in [2.75, 3.05) is 46.4 Å². The van der Waals surface area contributed by atoms with E-state index in [0.29, 0.717) is 68.3 Å². The van der Waals surface area contributed by atoms with Gasteiger partial charge in [0.15, 0.2) is 0 Å². The number of benzene rings is 2. The van der Waals surface area contributed by atoms with Gasteiger partial charge in [-0.1, -0.05) is 30.3 Å². The van der Waals surface area contributed by atoms with Crippen LogP contribution in [0.4, 0.5) is 0 Å². The van der Waals surface area contributed by atoms with Gasteiger partial charge >= 0.3 is 0 Å². The molecule has 4 amide bonds. The summed E-state index contributed by atoms with van der Waals surface area (Å²) in [5.41, 5.74) is 3.15. The predicted octanol–water partition coefficient (Wildman–Crippen LogP) is 0.844. The Morgan fingerprint density at radius 2 is 1.74 bits per heavy atom. The van der Waals surface area contributed by atoms with E-state index < -0.39 is 11.9 Å². The zero-order valence-corrected chi connectivity index (χ0v) is 20.9. The van der Waals surface area contributed by atoms with Crippen molar-refractivity contribution in [3.8, 4) is 11.1 Å². The predicted molar refractivity (Wildman–Crippen MR) is 135 cm³/mol. The van der Waals surface area contributed by atoms with Crippen molar-refractivity contribution < 1.29 is 38.5 Å². The molecule has 0 spiro atoms. The van der Waals surface area contributed by atoms with E-state index >= 15 is 0 Å². The molecule has 2 heterocycles. The largest absolute Gasteiger partial charge is 0.377 e. The normalized spacial score (nSPS) is 16.9. The molecule has 0 saturated carbocycles. The Morgan fingerprint density at radius 3 is 2.50 bits per heavy atom. The van der Waals surface area contributed by atoms with Crippen LogP contribution in [0.3, 0.4) is 0 Å². The Bertz CT molecular complexity index is 1180. The van der Waals surface area contributed by atoms with Gasteiger partial charge in [0, 0.05) is 25.1 Å². The molecule has 0 aliphatic carbocycles. The van der Waals surface area contributed by atoms with Gasteiger partial charge in [-0.3, -0.25) is 24.5 Å². The maximum absolute atomic E-state index is 13.4. The summed E-state index contributed by atoms with van der Waals surface area (Å²) in [7, 11) is 0. The van der Waals surface area contributed by atoms with Crippen LogP contribution in [0, 0.1) is 0 Å². The topological polar surface area (TPSA) is 144 Å². The molecule has 11 nitrogen and oxygen atoms in total. The fourth-order valence-electron chi connectivity index (χ4n) is 4.53. The molecule has 38 heavy (non-hydrogen) atoms. The number of carbonyl (C=O) groups excluding carboxylic acids is 4. The maximum atomic E-state index is 13.4. The number of imide groups is 1. The summed E-state index contributed by atoms with van der Waals surface area (Å²) in [5.74, 6) is -1.31. The molecule has 202 valence electrons. The van der Waals surface area contributed by atoms with Crippen molar-refractivity contribution in [2.24, 2.45) is 0 Å². The summed E-state index contributed by atoms with van der Waals surface area (Å²) < 4.78 is 15.5. The minimum absolute atomic E-state index is 0.195. The highest BCUT2D eigenvalue weighted by atomic mass is 16.6. The molecule has 2 aliphatic rings. The molecule has 2 aromatic carbocycles. The molecular weight excluding hydrogens is 494 g/mol. The Kier molecular flexibility index (Phi) is 9.55. The average Bonchev–Trinajstić information content (AvgIpc) is 3.26. The monoisotopic (exact) mass is 525 g/mol. The molecule has 2 aromatic rings. The number of nitrogens with one attached hydrogen (secondary N) is 2. The molecule has 1 saturated heterocycles. The lowest BCUT2D eigenvalue weighted by atomic mass is 9.95. The quantitative estimate of drug-likeness (QED) is 0.198. The average molecular weight is 526 g/mol. The van der Waals surface area contributed by atoms with E-state index in [4.69, 9.17) is 19.3 Å². The first kappa shape index (κ1) is 27.4. The summed E-state index contributed by atoms with van der Waals surface area (Å²) in [5, 5.41) is 13.6. The summed E-state index contributed by atoms with van der Waals surface area (Å²) in [6, 6.07) is 11.9. The standard InChI is InChI=1S/C27H31N3O8/c31-17-38-14-13-37-12-11-36-10-9-28-25(33)19-4-1-3-18(15-19)21-6-2-5-20-16-30(27(35)24(20)21)22-7-8-23(32)29-26(22)34/h1-6,15,22,31H,7-14,16-17H2,(H,28,33)(H,29,32,34). The molecule has 0 radical (unpaired) electrons. The van der Waals surface area contributed by atoms with Crippen molar-refractivity contribution >= 4 is 23.6 Å². The highest BCUT2D eigenvalue weighted by molar-refractivity contribution is 6.08. The molecule has 4 rings (SSSR count). The Labute approximate surface area is 220 Å². The highest BCUT2D eigenvalue weighted by Crippen LogP contribution is 2.35. The van der Waals surface area contributed by atoms with Gasteiger partial charge < -0.3 is 29.5 Å². The van der Waals surface area contributed by atoms with Gasteiger partial charge in [0.1, 0.15) is 12.8 Å². The third kappa shape index (κ3) is 6.62. The number of aliphatic hydroxyl groups is 1. The summed E-state index contributed by atoms with van der Waals surface area (Å²) in [6.45, 7) is 2.01. The van der Waals surface area contributed by atoms with Gasteiger partial charge in [0.25, 0.3) is 11.8 Å². The number of piperidine rings is 1. The van der Waals surface area contributed by atoms with Gasteiger partial charge in [0.05, 0.1) is 38.6 Å². The van der Waals surface area contributed by atoms with E-state index in [2.05, 4.69) is 10.6 Å². The van der Waals surface area contributed by atoms with Crippen molar-refractivity contribution in [2.45, 2.75) is 25.4 Å². The van der Waals surface area contributed by atoms with Gasteiger partial charge in [-0.15, -0.1) is 0 Å². The lowest BCUT2D eigenvalue weighted by molar-refractivity contribution is -0.136. The number of nitrogens with zero attached hydrogens (tertiary/aromatic N) is 1. The van der Waals surface area contributed by atoms with Crippen molar-refractivity contribution in [1.82, 2.24) is 15.5 Å². The third-order valence-electron chi connectivity index (χ3n) is 6.36. The molecule has 1 fully saturated rings. The third-order valence-corrected chi connectivity index (χ3v) is 6.36. The molecule has 3 N–H and O–H groups in total. The molecule has 0 bridgehead atoms. The lowest BCUT2D eigenvalue weighted by Gasteiger charge is -2.29. The van der Waals surface area contributed by atoms with E-state index in [1.54, 1.807) is 18.2 Å². The summed E-state index contributed by atoms with van der Waals surface area (Å²) >= 11 is 0. The first-order chi connectivity index (χ1) is 18.5. The second-order valence-corrected chi connectivity index (χ2v) is 8.84. The molecule has 0 aromatic heterocycles. The smallest absolute Gasteiger partial charge is 0.255 e. The molecule has 1 atom stereocenters. The van der Waals surface area contributed by atoms with Crippen LogP contribution in [0.1, 0.15) is 39.1 Å². The van der Waals surface area contributed by atoms with Crippen LogP contribution in [0.25, 0.3) is 11.1 Å². The van der Waals surface area contributed by atoms with Gasteiger partial charge in [-0.25, -0.2) is 0 Å². The van der Waals surface area contributed by atoms with Crippen LogP contribution in [0.5, 0.6) is 0 Å². The molecule has 1 unspecified atom stereocenters. The lowest BCUT2D eigenvalue weighted by Crippen LogP contribution is -2.52. The van der Waals surface area contributed by atoms with Crippen LogP contribution in [0.15, 0.2) is 42.5 Å². The van der Waals surface area contributed by atoms with E-state index in [9.17, 15) is 19.2 Å². The van der Waals surface area contributed by atoms with Crippen LogP contribution in [-0.4, -0.2) is 86.0 Å². The van der Waals surface area contributed by atoms with E-state index in [-0.39, 0.29) is 37.5 Å². The van der Waals surface area contributed by atoms with Crippen LogP contribution in [-0.2, 0) is 30.3 Å². The first-order valence-corrected chi connectivity index (χ1v) is 12.5. The minimum Gasteiger partial charge on any atom is -0.377 e. The number of amides is 4. The zero-order chi connectivity index (χ0) is 26.9. The molecular formula is C27H31N3O8. The van der Waals surface area contributed by atoms with Gasteiger partial charge in [-0.2, -0.15) is 0 Å². The molecule has 2 aliphatic heterocycles. The summed E-state index contributed by atoms with van der Waals surface area (Å²) in [4.78, 5) is 51.5. The summed E-state index contributed by atoms with van der Waals surface area (Å²) in [6.07, 6.45) is 0.492. The van der Waals surface area contributed by atoms with Crippen molar-refractivity contribution in [1.29, 1.82) is 0 Å². The number of rotatable bonds is 13. The fourth-order valence-corrected chi connectivity index (χ4v) is 4.53. The Balaban J connectivity index is 1.34. The van der Waals surface area contributed by atoms with Gasteiger partial charge in [-0.05, 0) is 35.2 Å². The SMILES string of the molecule is O=C1CCC(N2Cc3cccc(-c4cccc(C(=O)NCCOCCOCCOCO)c4)c3C2=O)C(=O)N1. The Hall–Kier alpha value is -3.64. The van der Waals surface area contributed by atoms with Gasteiger partial charge in [0.2, 0.25) is 11.8 Å². The number of hydrogen-bond donors (Lipinski definition) is 3. The minimum atomic E-state index is -0.688. The van der Waals surface area contributed by atoms with E-state index in [1.165, 1.54) is 4.90 Å². The highest BCUT2D eigenvalue weighted by Gasteiger charge is 2.40. The maximum Gasteiger partial charge on any atom is 0.255 e. The molecule has 11 heteroatoms. The van der Waals surface area contributed by atoms with Crippen molar-refractivity contribution in [3.05, 3.63) is 59.2 Å². The van der Waals surface area contributed by atoms with Crippen LogP contribution < -0.4 is 10.6 Å². The number of hydrogen-bond acceptors (Lipinski definition) is 8. The number of carbonyl (C=O) groups is 4. The second-order valence-electron chi connectivity index (χ2n) is 8.84. The van der Waals surface area contributed by atoms with Crippen LogP contribution >= 0.6 is 0 Å². The fraction of sp³-hybridized carbons (Fsp3) is 0.407. The van der Waals surface area contributed by atoms with E-state index in [1.807, 2.05) is 24.3 Å². The Morgan fingerprint density at radius 1 is 1.00 bits per heavy atom. The van der Waals surface area contributed by atoms with Crippen LogP contribution in [0.2, 0.25) is 0 Å². The number of fused-ring (bicyclic) bond motifs is 1. The first-order valence-electron chi connectivity index (χ1n) is 12.5. The zero-order valence-electron chi connectivity index (χ0n) is 20.9. The number of aliphatic hydroxyl groups excluding tert-OH is 1. The van der Waals surface area contributed by atoms with E-state index in [0.717, 1.165) is 5.56 Å².